The molecule has 4 N–H and O–H groups in total. The number of carbonyl (C=O) groups is 4. The molecule has 166 valence electrons. The van der Waals surface area contributed by atoms with E-state index in [1.807, 2.05) is 36.6 Å². The highest BCUT2D eigenvalue weighted by Crippen LogP contribution is 2.27. The van der Waals surface area contributed by atoms with Crippen molar-refractivity contribution in [1.82, 2.24) is 15.4 Å². The summed E-state index contributed by atoms with van der Waals surface area (Å²) in [5.74, 6) is -1.68. The van der Waals surface area contributed by atoms with Crippen LogP contribution in [0.15, 0.2) is 48.1 Å². The maximum Gasteiger partial charge on any atom is 0.271 e. The summed E-state index contributed by atoms with van der Waals surface area (Å²) in [6, 6.07) is 8.36. The van der Waals surface area contributed by atoms with E-state index in [0.717, 1.165) is 17.1 Å². The zero-order valence-electron chi connectivity index (χ0n) is 18.3. The Morgan fingerprint density at radius 2 is 1.41 bits per heavy atom. The number of aryl methyl sites for hydroxylation is 2. The molecule has 3 rings (SSSR count). The molecule has 1 aromatic heterocycles. The van der Waals surface area contributed by atoms with Gasteiger partial charge in [0, 0.05) is 42.9 Å². The van der Waals surface area contributed by atoms with Gasteiger partial charge in [0.15, 0.2) is 0 Å². The second-order valence-corrected chi connectivity index (χ2v) is 7.45. The summed E-state index contributed by atoms with van der Waals surface area (Å²) in [6.07, 6.45) is 4.23. The fourth-order valence-corrected chi connectivity index (χ4v) is 3.54. The van der Waals surface area contributed by atoms with Crippen LogP contribution in [0.3, 0.4) is 0 Å². The van der Waals surface area contributed by atoms with Crippen molar-refractivity contribution in [2.45, 2.75) is 34.1 Å². The Balaban J connectivity index is 1.75. The number of allylic oxidation sites excluding steroid dienone is 2. The predicted octanol–water partition coefficient (Wildman–Crippen LogP) is 2.65. The van der Waals surface area contributed by atoms with Gasteiger partial charge in [0.2, 0.25) is 11.8 Å². The summed E-state index contributed by atoms with van der Waals surface area (Å²) >= 11 is 0. The number of nitrogens with one attached hydrogen (secondary N) is 4. The van der Waals surface area contributed by atoms with E-state index in [2.05, 4.69) is 21.5 Å². The molecule has 9 nitrogen and oxygen atoms in total. The molecule has 4 amide bonds. The highest BCUT2D eigenvalue weighted by atomic mass is 16.2. The van der Waals surface area contributed by atoms with Crippen molar-refractivity contribution in [1.29, 1.82) is 0 Å². The Kier molecular flexibility index (Phi) is 6.58. The van der Waals surface area contributed by atoms with Gasteiger partial charge in [-0.1, -0.05) is 12.2 Å². The highest BCUT2D eigenvalue weighted by molar-refractivity contribution is 6.06. The van der Waals surface area contributed by atoms with Gasteiger partial charge in [0.25, 0.3) is 11.8 Å². The van der Waals surface area contributed by atoms with Crippen LogP contribution in [0.4, 0.5) is 11.4 Å². The third kappa shape index (κ3) is 4.94. The Morgan fingerprint density at radius 1 is 0.812 bits per heavy atom. The third-order valence-electron chi connectivity index (χ3n) is 4.89. The first kappa shape index (κ1) is 22.5. The standard InChI is InChI=1S/C23H25N5O4/c1-13-8-9-14(2)28(13)21-7-5-6-18(21)23(32)27-26-22(31)17-10-11-19(24-15(3)29)20(12-17)25-16(4)30/h5-6,8-12H,7H2,1-4H3,(H,24,29)(H,25,30)(H,26,31)(H,27,32). The predicted molar refractivity (Wildman–Crippen MR) is 122 cm³/mol. The van der Waals surface area contributed by atoms with E-state index < -0.39 is 11.8 Å². The maximum atomic E-state index is 12.7. The fraction of sp³-hybridized carbons (Fsp3) is 0.217. The summed E-state index contributed by atoms with van der Waals surface area (Å²) in [4.78, 5) is 48.2. The number of carbonyl (C=O) groups excluding carboxylic acids is 4. The van der Waals surface area contributed by atoms with Crippen molar-refractivity contribution in [3.05, 3.63) is 65.0 Å². The molecular weight excluding hydrogens is 410 g/mol. The van der Waals surface area contributed by atoms with Crippen LogP contribution in [0.5, 0.6) is 0 Å². The summed E-state index contributed by atoms with van der Waals surface area (Å²) in [6.45, 7) is 6.59. The van der Waals surface area contributed by atoms with E-state index in [9.17, 15) is 19.2 Å². The van der Waals surface area contributed by atoms with E-state index in [1.165, 1.54) is 32.0 Å². The molecule has 0 saturated heterocycles. The lowest BCUT2D eigenvalue weighted by molar-refractivity contribution is -0.118. The lowest BCUT2D eigenvalue weighted by Crippen LogP contribution is -2.42. The van der Waals surface area contributed by atoms with Gasteiger partial charge in [-0.05, 0) is 44.2 Å². The third-order valence-corrected chi connectivity index (χ3v) is 4.89. The molecule has 0 aliphatic heterocycles. The van der Waals surface area contributed by atoms with Crippen LogP contribution >= 0.6 is 0 Å². The number of hydrogen-bond acceptors (Lipinski definition) is 4. The molecule has 0 radical (unpaired) electrons. The van der Waals surface area contributed by atoms with E-state index >= 15 is 0 Å². The largest absolute Gasteiger partial charge is 0.325 e. The van der Waals surface area contributed by atoms with Crippen molar-refractivity contribution in [2.24, 2.45) is 0 Å². The smallest absolute Gasteiger partial charge is 0.271 e. The normalized spacial score (nSPS) is 12.5. The minimum atomic E-state index is -0.572. The van der Waals surface area contributed by atoms with Crippen LogP contribution in [0, 0.1) is 13.8 Å². The molecule has 1 aliphatic carbocycles. The lowest BCUT2D eigenvalue weighted by atomic mass is 10.1. The molecule has 2 aromatic rings. The molecule has 1 aliphatic rings. The summed E-state index contributed by atoms with van der Waals surface area (Å²) in [5.41, 5.74) is 8.99. The van der Waals surface area contributed by atoms with Crippen molar-refractivity contribution in [3.8, 4) is 0 Å². The molecule has 0 saturated carbocycles. The molecule has 1 heterocycles. The number of rotatable bonds is 5. The molecular formula is C23H25N5O4. The van der Waals surface area contributed by atoms with Gasteiger partial charge in [-0.25, -0.2) is 0 Å². The van der Waals surface area contributed by atoms with Crippen LogP contribution in [0.2, 0.25) is 0 Å². The van der Waals surface area contributed by atoms with Gasteiger partial charge in [0.1, 0.15) is 0 Å². The summed E-state index contributed by atoms with van der Waals surface area (Å²) in [5, 5.41) is 5.16. The van der Waals surface area contributed by atoms with E-state index in [0.29, 0.717) is 17.7 Å². The molecule has 0 spiro atoms. The van der Waals surface area contributed by atoms with Crippen molar-refractivity contribution in [2.75, 3.05) is 10.6 Å². The topological polar surface area (TPSA) is 121 Å². The Labute approximate surface area is 185 Å². The van der Waals surface area contributed by atoms with Gasteiger partial charge >= 0.3 is 0 Å². The second kappa shape index (κ2) is 9.34. The van der Waals surface area contributed by atoms with Crippen LogP contribution in [0.1, 0.15) is 42.0 Å². The van der Waals surface area contributed by atoms with Crippen molar-refractivity contribution in [3.63, 3.8) is 0 Å². The van der Waals surface area contributed by atoms with Gasteiger partial charge < -0.3 is 15.2 Å². The fourth-order valence-electron chi connectivity index (χ4n) is 3.54. The molecule has 0 unspecified atom stereocenters. The van der Waals surface area contributed by atoms with E-state index in [4.69, 9.17) is 0 Å². The Morgan fingerprint density at radius 3 is 2.03 bits per heavy atom. The number of amides is 4. The number of benzene rings is 1. The SMILES string of the molecule is CC(=O)Nc1ccc(C(=O)NNC(=O)C2=C(n3c(C)ccc3C)CC=C2)cc1NC(C)=O. The molecule has 0 fully saturated rings. The van der Waals surface area contributed by atoms with Crippen LogP contribution < -0.4 is 21.5 Å². The number of hydrazine groups is 1. The molecule has 0 atom stereocenters. The number of hydrogen-bond donors (Lipinski definition) is 4. The van der Waals surface area contributed by atoms with Crippen molar-refractivity contribution < 1.29 is 19.2 Å². The molecule has 0 bridgehead atoms. The first-order valence-corrected chi connectivity index (χ1v) is 10.0. The quantitative estimate of drug-likeness (QED) is 0.540. The zero-order chi connectivity index (χ0) is 23.4. The van der Waals surface area contributed by atoms with Crippen LogP contribution in [-0.2, 0) is 14.4 Å². The first-order chi connectivity index (χ1) is 15.2. The van der Waals surface area contributed by atoms with Gasteiger partial charge in [-0.2, -0.15) is 0 Å². The molecule has 1 aromatic carbocycles. The van der Waals surface area contributed by atoms with Crippen molar-refractivity contribution >= 4 is 40.7 Å². The Hall–Kier alpha value is -4.14. The van der Waals surface area contributed by atoms with E-state index in [1.54, 1.807) is 6.08 Å². The van der Waals surface area contributed by atoms with Gasteiger partial charge in [-0.3, -0.25) is 30.0 Å². The monoisotopic (exact) mass is 435 g/mol. The number of nitrogens with zero attached hydrogens (tertiary/aromatic N) is 1. The summed E-state index contributed by atoms with van der Waals surface area (Å²) < 4.78 is 2.01. The Bertz CT molecular complexity index is 1150. The first-order valence-electron chi connectivity index (χ1n) is 10.0. The molecule has 9 heteroatoms. The summed E-state index contributed by atoms with van der Waals surface area (Å²) in [7, 11) is 0. The second-order valence-electron chi connectivity index (χ2n) is 7.45. The van der Waals surface area contributed by atoms with Crippen LogP contribution in [-0.4, -0.2) is 28.2 Å². The minimum Gasteiger partial charge on any atom is -0.325 e. The van der Waals surface area contributed by atoms with E-state index in [-0.39, 0.29) is 23.1 Å². The maximum absolute atomic E-state index is 12.7. The minimum absolute atomic E-state index is 0.191. The molecule has 32 heavy (non-hydrogen) atoms. The van der Waals surface area contributed by atoms with Gasteiger partial charge in [0.05, 0.1) is 16.9 Å². The number of aromatic nitrogens is 1. The highest BCUT2D eigenvalue weighted by Gasteiger charge is 2.21. The lowest BCUT2D eigenvalue weighted by Gasteiger charge is -2.15. The van der Waals surface area contributed by atoms with Gasteiger partial charge in [-0.15, -0.1) is 0 Å². The average Bonchev–Trinajstić information content (AvgIpc) is 3.32. The average molecular weight is 435 g/mol. The zero-order valence-corrected chi connectivity index (χ0v) is 18.3. The van der Waals surface area contributed by atoms with Crippen LogP contribution in [0.25, 0.3) is 5.70 Å². The number of anilines is 2.